The molecule has 0 aliphatic heterocycles. The number of carbonyl (C=O) groups is 4. The van der Waals surface area contributed by atoms with Gasteiger partial charge in [0.2, 0.25) is 0 Å². The normalized spacial score (nSPS) is 14.1. The van der Waals surface area contributed by atoms with E-state index in [-0.39, 0.29) is 25.7 Å². The van der Waals surface area contributed by atoms with Crippen molar-refractivity contribution in [1.82, 2.24) is 0 Å². The first-order valence-corrected chi connectivity index (χ1v) is 46.0. The number of phosphoric ester groups is 2. The summed E-state index contributed by atoms with van der Waals surface area (Å²) in [5.41, 5.74) is 0. The molecule has 19 heteroatoms. The van der Waals surface area contributed by atoms with Gasteiger partial charge in [0, 0.05) is 25.7 Å². The molecule has 0 aliphatic rings. The molecule has 0 fully saturated rings. The van der Waals surface area contributed by atoms with Crippen LogP contribution in [0.3, 0.4) is 0 Å². The number of carbonyl (C=O) groups excluding carboxylic acids is 4. The number of hydrogen-bond acceptors (Lipinski definition) is 15. The van der Waals surface area contributed by atoms with E-state index in [1.807, 2.05) is 0 Å². The second kappa shape index (κ2) is 74.5. The standard InChI is InChI=1S/C83H162O17P2/c1-7-10-12-14-16-18-20-22-23-24-25-26-27-28-33-37-43-49-55-61-67-82(87)99-78(71-94-81(86)66-60-54-48-42-36-32-30-29-31-34-40-46-52-58-64-76(6)9-3)73-97-101(89,90)95-69-77(84)70-96-102(91,92)98-74-79(100-83(88)68-62-56-50-44-38-39-45-51-57-63-75(4)5)72-93-80(85)65-59-53-47-41-35-21-19-17-15-13-11-8-2/h75-79,84H,7-74H2,1-6H3,(H,89,90)(H,91,92)/t76?,77-,78-,79-/m1/s1. The van der Waals surface area contributed by atoms with Crippen LogP contribution in [0.25, 0.3) is 0 Å². The second-order valence-corrected chi connectivity index (χ2v) is 33.5. The van der Waals surface area contributed by atoms with E-state index in [0.29, 0.717) is 25.7 Å². The van der Waals surface area contributed by atoms with Crippen molar-refractivity contribution in [1.29, 1.82) is 0 Å². The van der Waals surface area contributed by atoms with E-state index >= 15 is 0 Å². The molecule has 0 radical (unpaired) electrons. The minimum absolute atomic E-state index is 0.106. The summed E-state index contributed by atoms with van der Waals surface area (Å²) in [6.07, 6.45) is 65.2. The number of rotatable bonds is 82. The molecule has 0 aliphatic carbocycles. The van der Waals surface area contributed by atoms with E-state index in [2.05, 4.69) is 41.5 Å². The minimum Gasteiger partial charge on any atom is -0.462 e. The topological polar surface area (TPSA) is 237 Å². The van der Waals surface area contributed by atoms with Crippen LogP contribution in [0.2, 0.25) is 0 Å². The SMILES string of the molecule is CCCCCCCCCCCCCCCCCCCCCCC(=O)O[C@H](COC(=O)CCCCCCCCCCCCCCCCC(C)CC)COP(=O)(O)OC[C@@H](O)COP(=O)(O)OC[C@@H](COC(=O)CCCCCCCCCCCCCC)OC(=O)CCCCCCCCCCCC(C)C. The number of esters is 4. The van der Waals surface area contributed by atoms with E-state index in [0.717, 1.165) is 102 Å². The van der Waals surface area contributed by atoms with Crippen LogP contribution in [0.1, 0.15) is 440 Å². The number of aliphatic hydroxyl groups excluding tert-OH is 1. The number of unbranched alkanes of at least 4 members (excludes halogenated alkanes) is 51. The molecule has 3 unspecified atom stereocenters. The number of ether oxygens (including phenoxy) is 4. The highest BCUT2D eigenvalue weighted by atomic mass is 31.2. The van der Waals surface area contributed by atoms with E-state index in [1.165, 1.54) is 257 Å². The Balaban J connectivity index is 5.24. The van der Waals surface area contributed by atoms with Gasteiger partial charge in [0.1, 0.15) is 19.3 Å². The zero-order valence-electron chi connectivity index (χ0n) is 66.9. The molecule has 0 amide bonds. The maximum absolute atomic E-state index is 13.1. The molecule has 0 bridgehead atoms. The zero-order chi connectivity index (χ0) is 74.9. The lowest BCUT2D eigenvalue weighted by atomic mass is 9.99. The van der Waals surface area contributed by atoms with E-state index < -0.39 is 97.5 Å². The first-order chi connectivity index (χ1) is 49.4. The van der Waals surface area contributed by atoms with Crippen LogP contribution >= 0.6 is 15.6 Å². The summed E-state index contributed by atoms with van der Waals surface area (Å²) < 4.78 is 68.8. The molecule has 0 spiro atoms. The van der Waals surface area contributed by atoms with Crippen LogP contribution in [-0.4, -0.2) is 96.7 Å². The fourth-order valence-electron chi connectivity index (χ4n) is 12.9. The van der Waals surface area contributed by atoms with Crippen molar-refractivity contribution in [3.8, 4) is 0 Å². The Morgan fingerprint density at radius 1 is 0.284 bits per heavy atom. The molecule has 0 rings (SSSR count). The maximum atomic E-state index is 13.1. The van der Waals surface area contributed by atoms with Crippen LogP contribution in [-0.2, 0) is 65.4 Å². The Bertz CT molecular complexity index is 1960. The molecule has 606 valence electrons. The van der Waals surface area contributed by atoms with Crippen LogP contribution in [0.5, 0.6) is 0 Å². The Morgan fingerprint density at radius 2 is 0.500 bits per heavy atom. The van der Waals surface area contributed by atoms with Gasteiger partial charge in [-0.25, -0.2) is 9.13 Å². The second-order valence-electron chi connectivity index (χ2n) is 30.6. The quantitative estimate of drug-likeness (QED) is 0.0222. The van der Waals surface area contributed by atoms with Gasteiger partial charge in [0.05, 0.1) is 26.4 Å². The van der Waals surface area contributed by atoms with Gasteiger partial charge >= 0.3 is 39.5 Å². The Morgan fingerprint density at radius 3 is 0.745 bits per heavy atom. The summed E-state index contributed by atoms with van der Waals surface area (Å²) in [4.78, 5) is 73.1. The van der Waals surface area contributed by atoms with E-state index in [9.17, 15) is 43.2 Å². The van der Waals surface area contributed by atoms with Crippen molar-refractivity contribution in [2.75, 3.05) is 39.6 Å². The molecule has 17 nitrogen and oxygen atoms in total. The third-order valence-corrected chi connectivity index (χ3v) is 21.7. The molecule has 3 N–H and O–H groups in total. The maximum Gasteiger partial charge on any atom is 0.472 e. The van der Waals surface area contributed by atoms with Gasteiger partial charge in [-0.15, -0.1) is 0 Å². The molecule has 0 aromatic carbocycles. The molecule has 0 heterocycles. The smallest absolute Gasteiger partial charge is 0.462 e. The Kier molecular flexibility index (Phi) is 73.1. The average Bonchev–Trinajstić information content (AvgIpc) is 0.920. The van der Waals surface area contributed by atoms with Gasteiger partial charge < -0.3 is 33.8 Å². The van der Waals surface area contributed by atoms with Gasteiger partial charge in [-0.1, -0.05) is 388 Å². The molecule has 0 saturated heterocycles. The molecule has 0 aromatic heterocycles. The van der Waals surface area contributed by atoms with Crippen LogP contribution in [0, 0.1) is 11.8 Å². The monoisotopic (exact) mass is 1490 g/mol. The van der Waals surface area contributed by atoms with E-state index in [4.69, 9.17) is 37.0 Å². The van der Waals surface area contributed by atoms with E-state index in [1.54, 1.807) is 0 Å². The fraction of sp³-hybridized carbons (Fsp3) is 0.952. The van der Waals surface area contributed by atoms with Gasteiger partial charge in [0.25, 0.3) is 0 Å². The number of phosphoric acid groups is 2. The Hall–Kier alpha value is -1.94. The first-order valence-electron chi connectivity index (χ1n) is 43.0. The van der Waals surface area contributed by atoms with Gasteiger partial charge in [-0.05, 0) is 37.5 Å². The third kappa shape index (κ3) is 74.9. The number of hydrogen-bond donors (Lipinski definition) is 3. The van der Waals surface area contributed by atoms with Gasteiger partial charge in [-0.3, -0.25) is 37.3 Å². The highest BCUT2D eigenvalue weighted by Gasteiger charge is 2.30. The summed E-state index contributed by atoms with van der Waals surface area (Å²) in [6, 6.07) is 0. The molecule has 6 atom stereocenters. The largest absolute Gasteiger partial charge is 0.472 e. The fourth-order valence-corrected chi connectivity index (χ4v) is 14.4. The van der Waals surface area contributed by atoms with Crippen LogP contribution in [0.4, 0.5) is 0 Å². The molecule has 0 saturated carbocycles. The van der Waals surface area contributed by atoms with Crippen molar-refractivity contribution in [3.63, 3.8) is 0 Å². The molecular formula is C83H162O17P2. The lowest BCUT2D eigenvalue weighted by Crippen LogP contribution is -2.30. The van der Waals surface area contributed by atoms with Gasteiger partial charge in [0.15, 0.2) is 12.2 Å². The third-order valence-electron chi connectivity index (χ3n) is 19.8. The van der Waals surface area contributed by atoms with Crippen molar-refractivity contribution < 1.29 is 80.2 Å². The summed E-state index contributed by atoms with van der Waals surface area (Å²) in [7, 11) is -9.92. The lowest BCUT2D eigenvalue weighted by Gasteiger charge is -2.21. The lowest BCUT2D eigenvalue weighted by molar-refractivity contribution is -0.161. The highest BCUT2D eigenvalue weighted by Crippen LogP contribution is 2.45. The van der Waals surface area contributed by atoms with Crippen LogP contribution < -0.4 is 0 Å². The summed E-state index contributed by atoms with van der Waals surface area (Å²) in [6.45, 7) is 9.68. The first kappa shape index (κ1) is 100. The average molecular weight is 1490 g/mol. The summed E-state index contributed by atoms with van der Waals surface area (Å²) >= 11 is 0. The number of aliphatic hydroxyl groups is 1. The molecule has 102 heavy (non-hydrogen) atoms. The summed E-state index contributed by atoms with van der Waals surface area (Å²) in [5, 5.41) is 10.7. The van der Waals surface area contributed by atoms with Crippen molar-refractivity contribution in [2.24, 2.45) is 11.8 Å². The van der Waals surface area contributed by atoms with Crippen molar-refractivity contribution in [2.45, 2.75) is 458 Å². The van der Waals surface area contributed by atoms with Crippen LogP contribution in [0.15, 0.2) is 0 Å². The zero-order valence-corrected chi connectivity index (χ0v) is 68.7. The predicted octanol–water partition coefficient (Wildman–Crippen LogP) is 25.1. The summed E-state index contributed by atoms with van der Waals surface area (Å²) in [5.74, 6) is -0.519. The predicted molar refractivity (Wildman–Crippen MR) is 418 cm³/mol. The minimum atomic E-state index is -4.96. The van der Waals surface area contributed by atoms with Crippen molar-refractivity contribution >= 4 is 39.5 Å². The highest BCUT2D eigenvalue weighted by molar-refractivity contribution is 7.47. The van der Waals surface area contributed by atoms with Crippen molar-refractivity contribution in [3.05, 3.63) is 0 Å². The molecular weight excluding hydrogens is 1330 g/mol. The Labute approximate surface area is 626 Å². The van der Waals surface area contributed by atoms with Gasteiger partial charge in [-0.2, -0.15) is 0 Å². The molecule has 0 aromatic rings.